The van der Waals surface area contributed by atoms with Gasteiger partial charge in [-0.15, -0.1) is 0 Å². The predicted molar refractivity (Wildman–Crippen MR) is 76.3 cm³/mol. The fourth-order valence-corrected chi connectivity index (χ4v) is 4.01. The maximum absolute atomic E-state index is 11.5. The van der Waals surface area contributed by atoms with Crippen molar-refractivity contribution in [2.75, 3.05) is 0 Å². The lowest BCUT2D eigenvalue weighted by Crippen LogP contribution is -2.08. The first kappa shape index (κ1) is 11.8. The smallest absolute Gasteiger partial charge is 0.308 e. The van der Waals surface area contributed by atoms with Gasteiger partial charge in [0, 0.05) is 28.8 Å². The van der Waals surface area contributed by atoms with Crippen molar-refractivity contribution < 1.29 is 14.6 Å². The van der Waals surface area contributed by atoms with E-state index in [1.165, 1.54) is 6.92 Å². The minimum atomic E-state index is -0.300. The van der Waals surface area contributed by atoms with E-state index < -0.39 is 0 Å². The standard InChI is InChI=1S/C17H16O3/c1-9(18)20-17-13-5-3-2-4-12(13)16(19)14-10-6-7-11(8-10)15(14)17/h2-5,10-11,19H,6-8H2,1H3. The lowest BCUT2D eigenvalue weighted by Gasteiger charge is -2.22. The molecule has 0 amide bonds. The number of carbonyl (C=O) groups is 1. The van der Waals surface area contributed by atoms with Crippen LogP contribution in [0.2, 0.25) is 0 Å². The summed E-state index contributed by atoms with van der Waals surface area (Å²) in [5.41, 5.74) is 2.10. The van der Waals surface area contributed by atoms with Gasteiger partial charge in [-0.1, -0.05) is 24.3 Å². The van der Waals surface area contributed by atoms with E-state index in [1.807, 2.05) is 24.3 Å². The highest BCUT2D eigenvalue weighted by molar-refractivity contribution is 5.98. The fourth-order valence-electron chi connectivity index (χ4n) is 4.01. The van der Waals surface area contributed by atoms with E-state index in [4.69, 9.17) is 4.74 Å². The highest BCUT2D eigenvalue weighted by Gasteiger charge is 2.42. The van der Waals surface area contributed by atoms with E-state index in [2.05, 4.69) is 0 Å². The summed E-state index contributed by atoms with van der Waals surface area (Å²) in [5, 5.41) is 12.2. The molecular formula is C17H16O3. The van der Waals surface area contributed by atoms with Crippen molar-refractivity contribution >= 4 is 16.7 Å². The Balaban J connectivity index is 2.10. The summed E-state index contributed by atoms with van der Waals surface area (Å²) in [7, 11) is 0. The van der Waals surface area contributed by atoms with Crippen LogP contribution in [-0.2, 0) is 4.79 Å². The molecule has 2 aliphatic rings. The quantitative estimate of drug-likeness (QED) is 0.631. The number of esters is 1. The van der Waals surface area contributed by atoms with E-state index in [0.29, 0.717) is 23.3 Å². The van der Waals surface area contributed by atoms with Gasteiger partial charge in [0.25, 0.3) is 0 Å². The summed E-state index contributed by atoms with van der Waals surface area (Å²) < 4.78 is 5.53. The van der Waals surface area contributed by atoms with Crippen LogP contribution in [0.4, 0.5) is 0 Å². The highest BCUT2D eigenvalue weighted by atomic mass is 16.5. The van der Waals surface area contributed by atoms with Gasteiger partial charge >= 0.3 is 5.97 Å². The molecule has 1 saturated carbocycles. The molecular weight excluding hydrogens is 252 g/mol. The molecule has 3 nitrogen and oxygen atoms in total. The number of carbonyl (C=O) groups excluding carboxylic acids is 1. The van der Waals surface area contributed by atoms with Crippen molar-refractivity contribution in [2.45, 2.75) is 38.0 Å². The number of phenols is 1. The molecule has 102 valence electrons. The van der Waals surface area contributed by atoms with Gasteiger partial charge in [0.15, 0.2) is 0 Å². The largest absolute Gasteiger partial charge is 0.507 e. The zero-order chi connectivity index (χ0) is 13.9. The molecule has 1 N–H and O–H groups in total. The third kappa shape index (κ3) is 1.43. The van der Waals surface area contributed by atoms with Crippen molar-refractivity contribution in [3.05, 3.63) is 35.4 Å². The molecule has 2 aromatic rings. The number of aromatic hydroxyl groups is 1. The topological polar surface area (TPSA) is 46.5 Å². The maximum atomic E-state index is 11.5. The van der Waals surface area contributed by atoms with E-state index in [1.54, 1.807) is 0 Å². The Hall–Kier alpha value is -2.03. The third-order valence-electron chi connectivity index (χ3n) is 4.71. The molecule has 2 atom stereocenters. The van der Waals surface area contributed by atoms with Crippen molar-refractivity contribution in [1.82, 2.24) is 0 Å². The van der Waals surface area contributed by atoms with Crippen LogP contribution in [0.1, 0.15) is 49.1 Å². The summed E-state index contributed by atoms with van der Waals surface area (Å²) in [6.45, 7) is 1.43. The average Bonchev–Trinajstić information content (AvgIpc) is 3.04. The van der Waals surface area contributed by atoms with Gasteiger partial charge in [-0.3, -0.25) is 4.79 Å². The van der Waals surface area contributed by atoms with Gasteiger partial charge in [-0.05, 0) is 31.1 Å². The van der Waals surface area contributed by atoms with Gasteiger partial charge in [-0.2, -0.15) is 0 Å². The molecule has 2 aliphatic carbocycles. The Morgan fingerprint density at radius 3 is 2.50 bits per heavy atom. The highest BCUT2D eigenvalue weighted by Crippen LogP contribution is 2.60. The van der Waals surface area contributed by atoms with Gasteiger partial charge in [-0.25, -0.2) is 0 Å². The number of benzene rings is 2. The van der Waals surface area contributed by atoms with E-state index >= 15 is 0 Å². The van der Waals surface area contributed by atoms with E-state index in [-0.39, 0.29) is 5.97 Å². The maximum Gasteiger partial charge on any atom is 0.308 e. The molecule has 0 spiro atoms. The first-order chi connectivity index (χ1) is 9.66. The summed E-state index contributed by atoms with van der Waals surface area (Å²) in [4.78, 5) is 11.5. The summed E-state index contributed by atoms with van der Waals surface area (Å²) in [6, 6.07) is 7.62. The van der Waals surface area contributed by atoms with Crippen LogP contribution in [-0.4, -0.2) is 11.1 Å². The van der Waals surface area contributed by atoms with Crippen LogP contribution in [0.3, 0.4) is 0 Å². The Kier molecular flexibility index (Phi) is 2.34. The van der Waals surface area contributed by atoms with Crippen LogP contribution in [0.5, 0.6) is 11.5 Å². The predicted octanol–water partition coefficient (Wildman–Crippen LogP) is 3.84. The molecule has 0 heterocycles. The average molecular weight is 268 g/mol. The number of rotatable bonds is 1. The van der Waals surface area contributed by atoms with Gasteiger partial charge in [0.05, 0.1) is 0 Å². The van der Waals surface area contributed by atoms with Gasteiger partial charge < -0.3 is 9.84 Å². The number of hydrogen-bond donors (Lipinski definition) is 1. The lowest BCUT2D eigenvalue weighted by atomic mass is 9.87. The molecule has 0 aromatic heterocycles. The van der Waals surface area contributed by atoms with Crippen molar-refractivity contribution in [2.24, 2.45) is 0 Å². The molecule has 0 saturated heterocycles. The number of ether oxygens (including phenoxy) is 1. The van der Waals surface area contributed by atoms with Crippen molar-refractivity contribution in [1.29, 1.82) is 0 Å². The number of phenolic OH excluding ortho intramolecular Hbond substituents is 1. The second-order valence-corrected chi connectivity index (χ2v) is 5.85. The van der Waals surface area contributed by atoms with Gasteiger partial charge in [0.1, 0.15) is 11.5 Å². The van der Waals surface area contributed by atoms with Gasteiger partial charge in [0.2, 0.25) is 0 Å². The fraction of sp³-hybridized carbons (Fsp3) is 0.353. The molecule has 4 rings (SSSR count). The SMILES string of the molecule is CC(=O)Oc1c2c(c(O)c3ccccc13)C1CCC2C1. The van der Waals surface area contributed by atoms with Crippen LogP contribution in [0.15, 0.2) is 24.3 Å². The minimum Gasteiger partial charge on any atom is -0.507 e. The van der Waals surface area contributed by atoms with E-state index in [0.717, 1.165) is 41.2 Å². The normalized spacial score (nSPS) is 23.1. The van der Waals surface area contributed by atoms with Crippen molar-refractivity contribution in [3.8, 4) is 11.5 Å². The monoisotopic (exact) mass is 268 g/mol. The zero-order valence-corrected chi connectivity index (χ0v) is 11.3. The first-order valence-electron chi connectivity index (χ1n) is 7.12. The molecule has 0 radical (unpaired) electrons. The molecule has 0 aliphatic heterocycles. The summed E-state index contributed by atoms with van der Waals surface area (Å²) in [5.74, 6) is 1.62. The summed E-state index contributed by atoms with van der Waals surface area (Å²) >= 11 is 0. The molecule has 2 bridgehead atoms. The van der Waals surface area contributed by atoms with Crippen LogP contribution in [0, 0.1) is 0 Å². The minimum absolute atomic E-state index is 0.300. The number of fused-ring (bicyclic) bond motifs is 6. The Labute approximate surface area is 117 Å². The molecule has 1 fully saturated rings. The van der Waals surface area contributed by atoms with Crippen LogP contribution >= 0.6 is 0 Å². The van der Waals surface area contributed by atoms with E-state index in [9.17, 15) is 9.90 Å². The Bertz CT molecular complexity index is 733. The van der Waals surface area contributed by atoms with Crippen LogP contribution in [0.25, 0.3) is 10.8 Å². The molecule has 2 unspecified atom stereocenters. The Morgan fingerprint density at radius 1 is 1.15 bits per heavy atom. The third-order valence-corrected chi connectivity index (χ3v) is 4.71. The number of hydrogen-bond acceptors (Lipinski definition) is 3. The molecule has 3 heteroatoms. The van der Waals surface area contributed by atoms with Crippen molar-refractivity contribution in [3.63, 3.8) is 0 Å². The lowest BCUT2D eigenvalue weighted by molar-refractivity contribution is -0.131. The summed E-state index contributed by atoms with van der Waals surface area (Å²) in [6.07, 6.45) is 3.33. The molecule has 20 heavy (non-hydrogen) atoms. The second kappa shape index (κ2) is 3.98. The first-order valence-corrected chi connectivity index (χ1v) is 7.12. The van der Waals surface area contributed by atoms with Crippen LogP contribution < -0.4 is 4.74 Å². The second-order valence-electron chi connectivity index (χ2n) is 5.85. The zero-order valence-electron chi connectivity index (χ0n) is 11.3. The molecule has 2 aromatic carbocycles. The Morgan fingerprint density at radius 2 is 1.80 bits per heavy atom.